The van der Waals surface area contributed by atoms with Gasteiger partial charge in [0.2, 0.25) is 5.91 Å². The number of hydrogen-bond acceptors (Lipinski definition) is 2. The van der Waals surface area contributed by atoms with E-state index in [1.165, 1.54) is 32.1 Å². The summed E-state index contributed by atoms with van der Waals surface area (Å²) in [7, 11) is 0. The average molecular weight is 277 g/mol. The van der Waals surface area contributed by atoms with Crippen LogP contribution in [0.3, 0.4) is 0 Å². The van der Waals surface area contributed by atoms with Crippen LogP contribution in [0.2, 0.25) is 0 Å². The van der Waals surface area contributed by atoms with Gasteiger partial charge >= 0.3 is 0 Å². The quantitative estimate of drug-likeness (QED) is 0.860. The highest BCUT2D eigenvalue weighted by Gasteiger charge is 2.54. The number of amides is 1. The van der Waals surface area contributed by atoms with Crippen molar-refractivity contribution in [2.45, 2.75) is 57.5 Å². The number of carbonyl (C=O) groups excluding carboxylic acids is 1. The smallest absolute Gasteiger partial charge is 0.226 e. The van der Waals surface area contributed by atoms with Crippen molar-refractivity contribution < 1.29 is 9.90 Å². The van der Waals surface area contributed by atoms with Gasteiger partial charge in [-0.15, -0.1) is 0 Å². The number of rotatable bonds is 3. The fourth-order valence-corrected chi connectivity index (χ4v) is 5.98. The zero-order valence-corrected chi connectivity index (χ0v) is 12.6. The molecule has 112 valence electrons. The van der Waals surface area contributed by atoms with Crippen LogP contribution in [0.25, 0.3) is 0 Å². The molecule has 1 amide bonds. The summed E-state index contributed by atoms with van der Waals surface area (Å²) in [4.78, 5) is 14.8. The summed E-state index contributed by atoms with van der Waals surface area (Å²) in [5.41, 5.74) is -0.573. The summed E-state index contributed by atoms with van der Waals surface area (Å²) in [5.74, 6) is 3.86. The Morgan fingerprint density at radius 2 is 1.65 bits per heavy atom. The van der Waals surface area contributed by atoms with E-state index in [0.717, 1.165) is 24.7 Å². The van der Waals surface area contributed by atoms with Crippen molar-refractivity contribution in [1.82, 2.24) is 4.90 Å². The zero-order chi connectivity index (χ0) is 13.9. The van der Waals surface area contributed by atoms with E-state index in [9.17, 15) is 9.90 Å². The second-order valence-corrected chi connectivity index (χ2v) is 8.13. The second kappa shape index (κ2) is 4.46. The lowest BCUT2D eigenvalue weighted by Crippen LogP contribution is -2.66. The predicted octanol–water partition coefficient (Wildman–Crippen LogP) is 2.43. The summed E-state index contributed by atoms with van der Waals surface area (Å²) < 4.78 is 0. The standard InChI is InChI=1S/C17H27NO2/c1-2-3-17(20)9-18(10-17)16(19)15-13-5-11-4-12(7-13)8-14(15)6-11/h11-15,20H,2-10H2,1H3. The lowest BCUT2D eigenvalue weighted by Gasteiger charge is -2.56. The predicted molar refractivity (Wildman–Crippen MR) is 77.0 cm³/mol. The number of aliphatic hydroxyl groups is 1. The van der Waals surface area contributed by atoms with E-state index in [-0.39, 0.29) is 0 Å². The molecule has 4 aliphatic carbocycles. The Kier molecular flexibility index (Phi) is 2.93. The van der Waals surface area contributed by atoms with Gasteiger partial charge in [-0.1, -0.05) is 13.3 Å². The highest BCUT2D eigenvalue weighted by molar-refractivity contribution is 5.81. The Morgan fingerprint density at radius 1 is 1.10 bits per heavy atom. The van der Waals surface area contributed by atoms with Gasteiger partial charge in [-0.25, -0.2) is 0 Å². The van der Waals surface area contributed by atoms with Crippen LogP contribution in [0, 0.1) is 29.6 Å². The Morgan fingerprint density at radius 3 is 2.15 bits per heavy atom. The zero-order valence-electron chi connectivity index (χ0n) is 12.6. The van der Waals surface area contributed by atoms with Crippen molar-refractivity contribution in [3.8, 4) is 0 Å². The molecular weight excluding hydrogens is 250 g/mol. The summed E-state index contributed by atoms with van der Waals surface area (Å²) >= 11 is 0. The maximum Gasteiger partial charge on any atom is 0.226 e. The summed E-state index contributed by atoms with van der Waals surface area (Å²) in [6.07, 6.45) is 8.47. The van der Waals surface area contributed by atoms with Gasteiger partial charge in [-0.2, -0.15) is 0 Å². The van der Waals surface area contributed by atoms with E-state index in [4.69, 9.17) is 0 Å². The first kappa shape index (κ1) is 13.1. The molecule has 1 saturated heterocycles. The molecule has 3 heteroatoms. The van der Waals surface area contributed by atoms with Crippen LogP contribution in [0.5, 0.6) is 0 Å². The van der Waals surface area contributed by atoms with Crippen molar-refractivity contribution >= 4 is 5.91 Å². The molecular formula is C17H27NO2. The van der Waals surface area contributed by atoms with E-state index in [1.807, 2.05) is 4.90 Å². The number of β-amino-alcohol motifs (C(OH)–C–C–N with tert-alkyl or cyclic N) is 1. The number of carbonyl (C=O) groups is 1. The van der Waals surface area contributed by atoms with Gasteiger partial charge in [-0.3, -0.25) is 4.79 Å². The SMILES string of the molecule is CCCC1(O)CN(C(=O)C2C3CC4CC(C3)CC2C4)C1. The first-order chi connectivity index (χ1) is 9.58. The van der Waals surface area contributed by atoms with Crippen LogP contribution < -0.4 is 0 Å². The average Bonchev–Trinajstić information content (AvgIpc) is 2.34. The van der Waals surface area contributed by atoms with Gasteiger partial charge in [0.05, 0.1) is 18.7 Å². The van der Waals surface area contributed by atoms with Gasteiger partial charge in [0.25, 0.3) is 0 Å². The van der Waals surface area contributed by atoms with Gasteiger partial charge in [0.1, 0.15) is 0 Å². The van der Waals surface area contributed by atoms with Crippen LogP contribution in [0.1, 0.15) is 51.9 Å². The molecule has 4 bridgehead atoms. The van der Waals surface area contributed by atoms with E-state index < -0.39 is 5.60 Å². The topological polar surface area (TPSA) is 40.5 Å². The van der Waals surface area contributed by atoms with Crippen LogP contribution in [-0.2, 0) is 4.79 Å². The maximum atomic E-state index is 12.8. The van der Waals surface area contributed by atoms with Crippen molar-refractivity contribution in [2.75, 3.05) is 13.1 Å². The minimum Gasteiger partial charge on any atom is -0.386 e. The summed E-state index contributed by atoms with van der Waals surface area (Å²) in [6, 6.07) is 0. The second-order valence-electron chi connectivity index (χ2n) is 8.13. The van der Waals surface area contributed by atoms with E-state index >= 15 is 0 Å². The van der Waals surface area contributed by atoms with Gasteiger partial charge in [-0.05, 0) is 62.2 Å². The Labute approximate surface area is 121 Å². The number of hydrogen-bond donors (Lipinski definition) is 1. The molecule has 0 aromatic rings. The normalized spacial score (nSPS) is 44.5. The van der Waals surface area contributed by atoms with Crippen LogP contribution in [0.4, 0.5) is 0 Å². The highest BCUT2D eigenvalue weighted by atomic mass is 16.3. The lowest BCUT2D eigenvalue weighted by molar-refractivity contribution is -0.172. The van der Waals surface area contributed by atoms with Gasteiger partial charge in [0, 0.05) is 5.92 Å². The molecule has 0 aromatic carbocycles. The number of nitrogens with zero attached hydrogens (tertiary/aromatic N) is 1. The monoisotopic (exact) mass is 277 g/mol. The van der Waals surface area contributed by atoms with Crippen LogP contribution in [-0.4, -0.2) is 34.6 Å². The van der Waals surface area contributed by atoms with E-state index in [2.05, 4.69) is 6.92 Å². The highest BCUT2D eigenvalue weighted by Crippen LogP contribution is 2.57. The first-order valence-electron chi connectivity index (χ1n) is 8.59. The first-order valence-corrected chi connectivity index (χ1v) is 8.59. The van der Waals surface area contributed by atoms with Crippen molar-refractivity contribution in [2.24, 2.45) is 29.6 Å². The Hall–Kier alpha value is -0.570. The molecule has 4 saturated carbocycles. The Balaban J connectivity index is 1.43. The van der Waals surface area contributed by atoms with Gasteiger partial charge < -0.3 is 10.0 Å². The van der Waals surface area contributed by atoms with Crippen molar-refractivity contribution in [3.05, 3.63) is 0 Å². The molecule has 0 spiro atoms. The summed E-state index contributed by atoms with van der Waals surface area (Å²) in [6.45, 7) is 3.27. The molecule has 5 rings (SSSR count). The Bertz CT molecular complexity index is 385. The van der Waals surface area contributed by atoms with Crippen molar-refractivity contribution in [3.63, 3.8) is 0 Å². The maximum absolute atomic E-state index is 12.8. The third kappa shape index (κ3) is 1.93. The molecule has 5 fully saturated rings. The molecule has 1 aliphatic heterocycles. The van der Waals surface area contributed by atoms with Crippen LogP contribution >= 0.6 is 0 Å². The van der Waals surface area contributed by atoms with Crippen LogP contribution in [0.15, 0.2) is 0 Å². The van der Waals surface area contributed by atoms with Crippen molar-refractivity contribution in [1.29, 1.82) is 0 Å². The molecule has 0 unspecified atom stereocenters. The molecule has 5 aliphatic rings. The van der Waals surface area contributed by atoms with Gasteiger partial charge in [0.15, 0.2) is 0 Å². The molecule has 1 heterocycles. The fourth-order valence-electron chi connectivity index (χ4n) is 5.98. The molecule has 0 radical (unpaired) electrons. The third-order valence-electron chi connectivity index (χ3n) is 6.51. The lowest BCUT2D eigenvalue weighted by atomic mass is 9.51. The minimum atomic E-state index is -0.573. The summed E-state index contributed by atoms with van der Waals surface area (Å²) in [5, 5.41) is 10.3. The number of likely N-dealkylation sites (tertiary alicyclic amines) is 1. The molecule has 0 aromatic heterocycles. The van der Waals surface area contributed by atoms with E-state index in [0.29, 0.717) is 36.8 Å². The third-order valence-corrected chi connectivity index (χ3v) is 6.51. The molecule has 0 atom stereocenters. The molecule has 20 heavy (non-hydrogen) atoms. The fraction of sp³-hybridized carbons (Fsp3) is 0.941. The molecule has 3 nitrogen and oxygen atoms in total. The van der Waals surface area contributed by atoms with E-state index in [1.54, 1.807) is 0 Å². The molecule has 1 N–H and O–H groups in total. The largest absolute Gasteiger partial charge is 0.386 e. The minimum absolute atomic E-state index is 0.300.